The van der Waals surface area contributed by atoms with E-state index < -0.39 is 47.9 Å². The molecular formula is C26H28F2N6O7. The van der Waals surface area contributed by atoms with Gasteiger partial charge < -0.3 is 29.5 Å². The topological polar surface area (TPSA) is 156 Å². The second-order valence-corrected chi connectivity index (χ2v) is 9.22. The summed E-state index contributed by atoms with van der Waals surface area (Å²) in [5, 5.41) is 12.1. The van der Waals surface area contributed by atoms with Gasteiger partial charge in [-0.3, -0.25) is 14.4 Å². The average Bonchev–Trinajstić information content (AvgIpc) is 3.24. The van der Waals surface area contributed by atoms with Crippen molar-refractivity contribution in [2.24, 2.45) is 0 Å². The molecule has 0 aliphatic carbocycles. The molecule has 3 amide bonds. The van der Waals surface area contributed by atoms with Crippen LogP contribution in [0.4, 0.5) is 24.1 Å². The number of rotatable bonds is 9. The number of carboxylic acid groups (broad SMARTS) is 1. The van der Waals surface area contributed by atoms with Gasteiger partial charge in [0.2, 0.25) is 5.91 Å². The molecule has 13 nitrogen and oxygen atoms in total. The van der Waals surface area contributed by atoms with Crippen molar-refractivity contribution in [1.82, 2.24) is 23.9 Å². The minimum Gasteiger partial charge on any atom is -0.464 e. The summed E-state index contributed by atoms with van der Waals surface area (Å²) in [6.45, 7) is -0.420. The Hall–Kier alpha value is -5.08. The lowest BCUT2D eigenvalue weighted by molar-refractivity contribution is -0.125. The molecule has 2 N–H and O–H groups in total. The number of pyridine rings is 1. The van der Waals surface area contributed by atoms with Gasteiger partial charge in [-0.15, -0.1) is 0 Å². The number of halogens is 2. The zero-order chi connectivity index (χ0) is 30.4. The third kappa shape index (κ3) is 7.32. The maximum atomic E-state index is 13.8. The minimum atomic E-state index is -1.53. The number of likely N-dealkylation sites (N-methyl/N-ethyl adjacent to an activating group) is 1. The molecule has 0 spiro atoms. The van der Waals surface area contributed by atoms with Crippen molar-refractivity contribution >= 4 is 40.7 Å². The van der Waals surface area contributed by atoms with Gasteiger partial charge in [-0.25, -0.2) is 27.9 Å². The van der Waals surface area contributed by atoms with E-state index in [9.17, 15) is 37.9 Å². The number of aromatic nitrogens is 3. The van der Waals surface area contributed by atoms with E-state index >= 15 is 0 Å². The highest BCUT2D eigenvalue weighted by Crippen LogP contribution is 2.21. The van der Waals surface area contributed by atoms with Gasteiger partial charge in [-0.2, -0.15) is 0 Å². The molecule has 0 aliphatic rings. The van der Waals surface area contributed by atoms with Crippen molar-refractivity contribution in [3.8, 4) is 0 Å². The smallest absolute Gasteiger partial charge is 0.417 e. The first kappa shape index (κ1) is 30.5. The average molecular weight is 575 g/mol. The Kier molecular flexibility index (Phi) is 9.55. The number of benzene rings is 1. The first-order valence-electron chi connectivity index (χ1n) is 12.2. The van der Waals surface area contributed by atoms with Gasteiger partial charge in [0.05, 0.1) is 17.6 Å². The van der Waals surface area contributed by atoms with Gasteiger partial charge in [-0.1, -0.05) is 6.08 Å². The van der Waals surface area contributed by atoms with Crippen LogP contribution in [0.2, 0.25) is 0 Å². The fraction of sp³-hybridized carbons (Fsp3) is 0.308. The van der Waals surface area contributed by atoms with Crippen molar-refractivity contribution in [2.45, 2.75) is 25.5 Å². The highest BCUT2D eigenvalue weighted by Gasteiger charge is 2.25. The first-order chi connectivity index (χ1) is 19.3. The highest BCUT2D eigenvalue weighted by molar-refractivity contribution is 5.95. The number of amides is 3. The second kappa shape index (κ2) is 12.8. The Labute approximate surface area is 232 Å². The predicted molar refractivity (Wildman–Crippen MR) is 143 cm³/mol. The normalized spacial score (nSPS) is 11.9. The van der Waals surface area contributed by atoms with Crippen molar-refractivity contribution in [3.63, 3.8) is 0 Å². The molecule has 41 heavy (non-hydrogen) atoms. The number of imidazole rings is 1. The van der Waals surface area contributed by atoms with Crippen LogP contribution in [0.3, 0.4) is 0 Å². The second-order valence-electron chi connectivity index (χ2n) is 9.22. The van der Waals surface area contributed by atoms with E-state index in [1.54, 1.807) is 14.1 Å². The number of ether oxygens (including phenoxy) is 1. The number of hydrogen-bond acceptors (Lipinski definition) is 7. The van der Waals surface area contributed by atoms with Crippen molar-refractivity contribution in [1.29, 1.82) is 0 Å². The van der Waals surface area contributed by atoms with E-state index in [0.29, 0.717) is 10.6 Å². The summed E-state index contributed by atoms with van der Waals surface area (Å²) < 4.78 is 34.4. The lowest BCUT2D eigenvalue weighted by atomic mass is 10.1. The summed E-state index contributed by atoms with van der Waals surface area (Å²) in [4.78, 5) is 68.4. The van der Waals surface area contributed by atoms with Crippen LogP contribution in [0.5, 0.6) is 0 Å². The molecule has 0 aliphatic heterocycles. The van der Waals surface area contributed by atoms with Crippen LogP contribution in [0, 0.1) is 11.6 Å². The zero-order valence-electron chi connectivity index (χ0n) is 22.6. The molecule has 0 unspecified atom stereocenters. The largest absolute Gasteiger partial charge is 0.464 e. The van der Waals surface area contributed by atoms with E-state index in [1.807, 2.05) is 0 Å². The molecular weight excluding hydrogens is 546 g/mol. The third-order valence-corrected chi connectivity index (χ3v) is 5.74. The van der Waals surface area contributed by atoms with Gasteiger partial charge in [-0.05, 0) is 31.1 Å². The van der Waals surface area contributed by atoms with E-state index in [2.05, 4.69) is 10.3 Å². The molecule has 0 fully saturated rings. The van der Waals surface area contributed by atoms with E-state index in [0.717, 1.165) is 15.5 Å². The van der Waals surface area contributed by atoms with Crippen LogP contribution in [-0.2, 0) is 20.9 Å². The predicted octanol–water partition coefficient (Wildman–Crippen LogP) is 2.48. The van der Waals surface area contributed by atoms with Gasteiger partial charge in [0.25, 0.3) is 11.5 Å². The van der Waals surface area contributed by atoms with Crippen LogP contribution in [0.1, 0.15) is 18.7 Å². The van der Waals surface area contributed by atoms with Crippen LogP contribution in [0.15, 0.2) is 47.4 Å². The summed E-state index contributed by atoms with van der Waals surface area (Å²) >= 11 is 0. The van der Waals surface area contributed by atoms with Gasteiger partial charge in [0, 0.05) is 46.5 Å². The zero-order valence-corrected chi connectivity index (χ0v) is 22.6. The van der Waals surface area contributed by atoms with Gasteiger partial charge in [0.1, 0.15) is 11.5 Å². The number of anilines is 1. The fourth-order valence-corrected chi connectivity index (χ4v) is 3.62. The molecule has 3 rings (SSSR count). The van der Waals surface area contributed by atoms with Crippen molar-refractivity contribution < 1.29 is 37.8 Å². The Morgan fingerprint density at radius 1 is 1.12 bits per heavy atom. The minimum absolute atomic E-state index is 0.000594. The molecule has 218 valence electrons. The van der Waals surface area contributed by atoms with Gasteiger partial charge in [0.15, 0.2) is 17.7 Å². The van der Waals surface area contributed by atoms with Crippen LogP contribution >= 0.6 is 0 Å². The van der Waals surface area contributed by atoms with Crippen LogP contribution in [0.25, 0.3) is 11.0 Å². The molecule has 0 saturated heterocycles. The van der Waals surface area contributed by atoms with E-state index in [4.69, 9.17) is 4.74 Å². The third-order valence-electron chi connectivity index (χ3n) is 5.74. The first-order valence-corrected chi connectivity index (χ1v) is 12.2. The fourth-order valence-electron chi connectivity index (χ4n) is 3.62. The maximum absolute atomic E-state index is 13.8. The Morgan fingerprint density at radius 3 is 2.44 bits per heavy atom. The number of carbonyl (C=O) groups excluding carboxylic acids is 3. The van der Waals surface area contributed by atoms with Crippen molar-refractivity contribution in [2.75, 3.05) is 33.5 Å². The number of hydrogen-bond donors (Lipinski definition) is 2. The summed E-state index contributed by atoms with van der Waals surface area (Å²) in [5.74, 6) is -3.78. The van der Waals surface area contributed by atoms with Crippen LogP contribution in [-0.4, -0.2) is 87.3 Å². The molecule has 15 heteroatoms. The monoisotopic (exact) mass is 574 g/mol. The standard InChI is InChI=1S/C26H28F2N6O7/c1-31(2)22(35)10-6-5-9-20(41-26(40)32(3)4)23(36)30-17-8-7-11-33(24(17)37)14-21-29-18-12-15(27)16(28)13-19(18)34(21)25(38)39/h6-8,10-13,20H,5,9,14H2,1-4H3,(H,30,36)(H,38,39)/b10-6+/t20-/m0/s1. The molecule has 3 aromatic rings. The number of nitrogens with one attached hydrogen (secondary N) is 1. The number of carbonyl (C=O) groups is 4. The maximum Gasteiger partial charge on any atom is 0.417 e. The van der Waals surface area contributed by atoms with Crippen molar-refractivity contribution in [3.05, 3.63) is 70.4 Å². The highest BCUT2D eigenvalue weighted by atomic mass is 19.2. The molecule has 2 aromatic heterocycles. The molecule has 0 saturated carbocycles. The number of nitrogens with zero attached hydrogens (tertiary/aromatic N) is 5. The van der Waals surface area contributed by atoms with Crippen LogP contribution < -0.4 is 10.9 Å². The Bertz CT molecular complexity index is 1580. The molecule has 1 aromatic carbocycles. The molecule has 2 heterocycles. The summed E-state index contributed by atoms with van der Waals surface area (Å²) in [6.07, 6.45) is 0.685. The molecule has 1 atom stereocenters. The Morgan fingerprint density at radius 2 is 1.80 bits per heavy atom. The quantitative estimate of drug-likeness (QED) is 0.369. The SMILES string of the molecule is CN(C)C(=O)/C=C/CC[C@H](OC(=O)N(C)C)C(=O)Nc1cccn(Cc2nc3cc(F)c(F)cc3n2C(=O)O)c1=O. The lowest BCUT2D eigenvalue weighted by Gasteiger charge is -2.19. The van der Waals surface area contributed by atoms with E-state index in [1.165, 1.54) is 49.5 Å². The lowest BCUT2D eigenvalue weighted by Crippen LogP contribution is -2.37. The summed E-state index contributed by atoms with van der Waals surface area (Å²) in [6, 6.07) is 4.13. The molecule has 0 radical (unpaired) electrons. The van der Waals surface area contributed by atoms with E-state index in [-0.39, 0.29) is 41.3 Å². The van der Waals surface area contributed by atoms with Gasteiger partial charge >= 0.3 is 12.2 Å². The molecule has 0 bridgehead atoms. The number of fused-ring (bicyclic) bond motifs is 1. The number of allylic oxidation sites excluding steroid dienone is 1. The Balaban J connectivity index is 1.85. The summed E-state index contributed by atoms with van der Waals surface area (Å²) in [5.41, 5.74) is -1.31. The summed E-state index contributed by atoms with van der Waals surface area (Å²) in [7, 11) is 6.00.